The van der Waals surface area contributed by atoms with Gasteiger partial charge in [-0.3, -0.25) is 4.79 Å². The zero-order valence-electron chi connectivity index (χ0n) is 18.7. The highest BCUT2D eigenvalue weighted by Gasteiger charge is 2.16. The fourth-order valence-corrected chi connectivity index (χ4v) is 3.90. The maximum absolute atomic E-state index is 13.0. The van der Waals surface area contributed by atoms with Gasteiger partial charge >= 0.3 is 0 Å². The molecule has 0 aliphatic heterocycles. The van der Waals surface area contributed by atoms with Crippen LogP contribution in [0.5, 0.6) is 11.5 Å². The number of anilines is 1. The summed E-state index contributed by atoms with van der Waals surface area (Å²) in [5.41, 5.74) is 6.18. The average molecular weight is 458 g/mol. The minimum atomic E-state index is -0.173. The molecule has 5 heteroatoms. The Labute approximate surface area is 198 Å². The van der Waals surface area contributed by atoms with E-state index in [4.69, 9.17) is 21.1 Å². The van der Waals surface area contributed by atoms with Gasteiger partial charge in [-0.25, -0.2) is 0 Å². The molecule has 0 aliphatic carbocycles. The molecule has 0 aliphatic rings. The Kier molecular flexibility index (Phi) is 6.66. The number of benzene rings is 4. The number of amides is 1. The lowest BCUT2D eigenvalue weighted by molar-refractivity contribution is 0.102. The van der Waals surface area contributed by atoms with Gasteiger partial charge in [-0.05, 0) is 77.7 Å². The van der Waals surface area contributed by atoms with Crippen LogP contribution in [0.1, 0.15) is 15.9 Å². The number of rotatable bonds is 6. The molecule has 0 saturated carbocycles. The Morgan fingerprint density at radius 1 is 0.758 bits per heavy atom. The second-order valence-corrected chi connectivity index (χ2v) is 8.05. The first-order valence-corrected chi connectivity index (χ1v) is 10.9. The van der Waals surface area contributed by atoms with E-state index in [1.54, 1.807) is 26.4 Å². The third-order valence-electron chi connectivity index (χ3n) is 5.50. The molecule has 0 saturated heterocycles. The van der Waals surface area contributed by atoms with E-state index >= 15 is 0 Å². The normalized spacial score (nSPS) is 10.5. The summed E-state index contributed by atoms with van der Waals surface area (Å²) < 4.78 is 10.9. The Morgan fingerprint density at radius 2 is 1.42 bits per heavy atom. The molecule has 4 aromatic rings. The third-order valence-corrected chi connectivity index (χ3v) is 5.75. The number of hydrogen-bond donors (Lipinski definition) is 1. The molecule has 4 rings (SSSR count). The monoisotopic (exact) mass is 457 g/mol. The number of hydrogen-bond acceptors (Lipinski definition) is 3. The number of aryl methyl sites for hydroxylation is 1. The quantitative estimate of drug-likeness (QED) is 0.331. The van der Waals surface area contributed by atoms with E-state index in [0.29, 0.717) is 27.8 Å². The van der Waals surface area contributed by atoms with Gasteiger partial charge in [0.25, 0.3) is 5.91 Å². The minimum Gasteiger partial charge on any atom is -0.493 e. The van der Waals surface area contributed by atoms with Gasteiger partial charge in [0.15, 0.2) is 11.5 Å². The maximum Gasteiger partial charge on any atom is 0.255 e. The van der Waals surface area contributed by atoms with Crippen molar-refractivity contribution >= 4 is 23.2 Å². The number of ether oxygens (including phenoxy) is 2. The Hall–Kier alpha value is -3.76. The fourth-order valence-electron chi connectivity index (χ4n) is 3.78. The molecule has 0 radical (unpaired) electrons. The lowest BCUT2D eigenvalue weighted by atomic mass is 9.93. The first-order valence-electron chi connectivity index (χ1n) is 10.5. The molecule has 0 spiro atoms. The van der Waals surface area contributed by atoms with Crippen LogP contribution in [0.15, 0.2) is 84.9 Å². The van der Waals surface area contributed by atoms with Crippen molar-refractivity contribution in [3.05, 3.63) is 101 Å². The molecule has 0 aromatic heterocycles. The lowest BCUT2D eigenvalue weighted by Crippen LogP contribution is -2.12. The summed E-state index contributed by atoms with van der Waals surface area (Å²) in [5, 5.41) is 3.76. The van der Waals surface area contributed by atoms with E-state index in [-0.39, 0.29) is 5.91 Å². The van der Waals surface area contributed by atoms with Crippen LogP contribution in [-0.4, -0.2) is 20.1 Å². The van der Waals surface area contributed by atoms with Crippen molar-refractivity contribution in [3.8, 4) is 33.8 Å². The van der Waals surface area contributed by atoms with Crippen LogP contribution >= 0.6 is 11.6 Å². The maximum atomic E-state index is 13.0. The summed E-state index contributed by atoms with van der Waals surface area (Å²) in [6, 6.07) is 26.6. The molecule has 0 heterocycles. The molecule has 4 aromatic carbocycles. The van der Waals surface area contributed by atoms with Crippen LogP contribution in [-0.2, 0) is 0 Å². The van der Waals surface area contributed by atoms with Crippen LogP contribution in [0.25, 0.3) is 22.3 Å². The first kappa shape index (κ1) is 22.4. The Morgan fingerprint density at radius 3 is 2.09 bits per heavy atom. The molecule has 0 bridgehead atoms. The van der Waals surface area contributed by atoms with Gasteiger partial charge < -0.3 is 14.8 Å². The molecular formula is C28H24ClNO3. The summed E-state index contributed by atoms with van der Waals surface area (Å²) in [6.07, 6.45) is 0. The molecule has 4 nitrogen and oxygen atoms in total. The smallest absolute Gasteiger partial charge is 0.255 e. The zero-order valence-corrected chi connectivity index (χ0v) is 19.4. The molecular weight excluding hydrogens is 434 g/mol. The van der Waals surface area contributed by atoms with Gasteiger partial charge in [-0.1, -0.05) is 48.0 Å². The van der Waals surface area contributed by atoms with Gasteiger partial charge in [-0.2, -0.15) is 0 Å². The number of halogens is 1. The van der Waals surface area contributed by atoms with Gasteiger partial charge in [0.05, 0.1) is 14.2 Å². The SMILES string of the molecule is COc1ccc(-c2cc(NC(=O)c3ccccc3)c(-c3ccc(Cl)cc3)cc2C)cc1OC. The predicted octanol–water partition coefficient (Wildman–Crippen LogP) is 7.25. The van der Waals surface area contributed by atoms with E-state index in [2.05, 4.69) is 11.4 Å². The first-order chi connectivity index (χ1) is 16.0. The molecule has 166 valence electrons. The second kappa shape index (κ2) is 9.80. The largest absolute Gasteiger partial charge is 0.493 e. The molecule has 0 fully saturated rings. The van der Waals surface area contributed by atoms with Crippen LogP contribution in [0.4, 0.5) is 5.69 Å². The Balaban J connectivity index is 1.84. The molecule has 0 unspecified atom stereocenters. The summed E-state index contributed by atoms with van der Waals surface area (Å²) in [6.45, 7) is 2.05. The van der Waals surface area contributed by atoms with Crippen molar-refractivity contribution in [3.63, 3.8) is 0 Å². The van der Waals surface area contributed by atoms with Crippen molar-refractivity contribution in [2.24, 2.45) is 0 Å². The van der Waals surface area contributed by atoms with E-state index in [1.165, 1.54) is 0 Å². The van der Waals surface area contributed by atoms with Crippen molar-refractivity contribution in [2.75, 3.05) is 19.5 Å². The van der Waals surface area contributed by atoms with Crippen LogP contribution < -0.4 is 14.8 Å². The van der Waals surface area contributed by atoms with Crippen molar-refractivity contribution in [1.29, 1.82) is 0 Å². The van der Waals surface area contributed by atoms with Gasteiger partial charge in [0.1, 0.15) is 0 Å². The highest BCUT2D eigenvalue weighted by atomic mass is 35.5. The second-order valence-electron chi connectivity index (χ2n) is 7.61. The number of nitrogens with one attached hydrogen (secondary N) is 1. The summed E-state index contributed by atoms with van der Waals surface area (Å²) in [4.78, 5) is 13.0. The zero-order chi connectivity index (χ0) is 23.4. The highest BCUT2D eigenvalue weighted by Crippen LogP contribution is 2.39. The third kappa shape index (κ3) is 4.86. The van der Waals surface area contributed by atoms with E-state index < -0.39 is 0 Å². The number of carbonyl (C=O) groups excluding carboxylic acids is 1. The van der Waals surface area contributed by atoms with Crippen LogP contribution in [0, 0.1) is 6.92 Å². The molecule has 33 heavy (non-hydrogen) atoms. The van der Waals surface area contributed by atoms with E-state index in [1.807, 2.05) is 73.7 Å². The van der Waals surface area contributed by atoms with Crippen molar-refractivity contribution in [1.82, 2.24) is 0 Å². The lowest BCUT2D eigenvalue weighted by Gasteiger charge is -2.17. The van der Waals surface area contributed by atoms with E-state index in [9.17, 15) is 4.79 Å². The highest BCUT2D eigenvalue weighted by molar-refractivity contribution is 6.30. The molecule has 1 amide bonds. The summed E-state index contributed by atoms with van der Waals surface area (Å²) in [7, 11) is 3.23. The van der Waals surface area contributed by atoms with E-state index in [0.717, 1.165) is 27.8 Å². The van der Waals surface area contributed by atoms with Crippen LogP contribution in [0.2, 0.25) is 5.02 Å². The average Bonchev–Trinajstić information content (AvgIpc) is 2.85. The van der Waals surface area contributed by atoms with Gasteiger partial charge in [0, 0.05) is 21.8 Å². The predicted molar refractivity (Wildman–Crippen MR) is 135 cm³/mol. The minimum absolute atomic E-state index is 0.173. The van der Waals surface area contributed by atoms with Crippen LogP contribution in [0.3, 0.4) is 0 Å². The standard InChI is InChI=1S/C28H24ClNO3/c1-18-15-24(19-9-12-22(29)13-10-19)25(30-28(31)20-7-5-4-6-8-20)17-23(18)21-11-14-26(32-2)27(16-21)33-3/h4-17H,1-3H3,(H,30,31). The van der Waals surface area contributed by atoms with Gasteiger partial charge in [-0.15, -0.1) is 0 Å². The van der Waals surface area contributed by atoms with Crippen molar-refractivity contribution < 1.29 is 14.3 Å². The van der Waals surface area contributed by atoms with Gasteiger partial charge in [0.2, 0.25) is 0 Å². The summed E-state index contributed by atoms with van der Waals surface area (Å²) in [5.74, 6) is 1.13. The molecule has 0 atom stereocenters. The molecule has 1 N–H and O–H groups in total. The topological polar surface area (TPSA) is 47.6 Å². The number of carbonyl (C=O) groups is 1. The summed E-state index contributed by atoms with van der Waals surface area (Å²) >= 11 is 6.10. The number of methoxy groups -OCH3 is 2. The fraction of sp³-hybridized carbons (Fsp3) is 0.107. The Bertz CT molecular complexity index is 1280. The van der Waals surface area contributed by atoms with Crippen molar-refractivity contribution in [2.45, 2.75) is 6.92 Å².